The van der Waals surface area contributed by atoms with Crippen LogP contribution < -0.4 is 5.32 Å². The Labute approximate surface area is 195 Å². The summed E-state index contributed by atoms with van der Waals surface area (Å²) < 4.78 is 22.4. The average molecular weight is 462 g/mol. The number of carbonyl (C=O) groups excluding carboxylic acids is 2. The Kier molecular flexibility index (Phi) is 5.69. The topological polar surface area (TPSA) is 95.9 Å². The number of rotatable bonds is 4. The fraction of sp³-hybridized carbons (Fsp3) is 0.692. The van der Waals surface area contributed by atoms with Crippen LogP contribution in [0.25, 0.3) is 0 Å². The Morgan fingerprint density at radius 2 is 2.00 bits per heavy atom. The van der Waals surface area contributed by atoms with Gasteiger partial charge < -0.3 is 20.3 Å². The lowest BCUT2D eigenvalue weighted by molar-refractivity contribution is -0.214. The highest BCUT2D eigenvalue weighted by atomic mass is 19.1. The molecule has 0 spiro atoms. The number of hydrogen-bond acceptors (Lipinski definition) is 5. The first-order valence-corrected chi connectivity index (χ1v) is 12.0. The minimum absolute atomic E-state index is 0.0116. The molecule has 7 heteroatoms. The highest BCUT2D eigenvalue weighted by molar-refractivity contribution is 5.87. The summed E-state index contributed by atoms with van der Waals surface area (Å²) in [6.07, 6.45) is 7.14. The van der Waals surface area contributed by atoms with E-state index in [0.29, 0.717) is 30.7 Å². The Bertz CT molecular complexity index is 958. The highest BCUT2D eigenvalue weighted by Gasteiger charge is 2.75. The number of carbonyl (C=O) groups is 2. The lowest BCUT2D eigenvalue weighted by atomic mass is 9.46. The van der Waals surface area contributed by atoms with Crippen LogP contribution in [0, 0.1) is 28.6 Å². The van der Waals surface area contributed by atoms with Gasteiger partial charge in [-0.15, -0.1) is 0 Å². The van der Waals surface area contributed by atoms with E-state index in [9.17, 15) is 19.8 Å². The summed E-state index contributed by atoms with van der Waals surface area (Å²) in [5, 5.41) is 26.0. The molecule has 6 nitrogen and oxygen atoms in total. The molecule has 1 amide bonds. The number of esters is 1. The Morgan fingerprint density at radius 1 is 1.30 bits per heavy atom. The molecule has 0 heterocycles. The maximum Gasteiger partial charge on any atom is 0.308 e. The molecule has 2 unspecified atom stereocenters. The Morgan fingerprint density at radius 3 is 2.64 bits per heavy atom. The molecule has 8 atom stereocenters. The van der Waals surface area contributed by atoms with Gasteiger partial charge in [-0.25, -0.2) is 4.39 Å². The molecule has 0 aromatic heterocycles. The third kappa shape index (κ3) is 3.04. The Hall–Kier alpha value is -1.99. The van der Waals surface area contributed by atoms with Gasteiger partial charge in [-0.2, -0.15) is 0 Å². The molecule has 0 aromatic rings. The zero-order chi connectivity index (χ0) is 24.4. The minimum Gasteiger partial charge on any atom is -0.427 e. The number of allylic oxidation sites excluding steroid dienone is 5. The first-order valence-electron chi connectivity index (χ1n) is 12.0. The normalized spacial score (nSPS) is 45.8. The summed E-state index contributed by atoms with van der Waals surface area (Å²) in [6.45, 7) is 9.18. The van der Waals surface area contributed by atoms with Crippen molar-refractivity contribution in [1.29, 1.82) is 0 Å². The Balaban J connectivity index is 1.75. The molecule has 4 rings (SSSR count). The molecule has 0 bridgehead atoms. The van der Waals surface area contributed by atoms with Gasteiger partial charge in [0.15, 0.2) is 11.3 Å². The van der Waals surface area contributed by atoms with Crippen molar-refractivity contribution in [1.82, 2.24) is 5.32 Å². The monoisotopic (exact) mass is 461 g/mol. The summed E-state index contributed by atoms with van der Waals surface area (Å²) in [5.41, 5.74) is -5.06. The van der Waals surface area contributed by atoms with Crippen LogP contribution in [0.15, 0.2) is 35.6 Å². The van der Waals surface area contributed by atoms with Gasteiger partial charge in [0, 0.05) is 30.2 Å². The van der Waals surface area contributed by atoms with Gasteiger partial charge in [0.05, 0.1) is 6.10 Å². The van der Waals surface area contributed by atoms with Gasteiger partial charge >= 0.3 is 5.97 Å². The summed E-state index contributed by atoms with van der Waals surface area (Å²) in [7, 11) is 0. The summed E-state index contributed by atoms with van der Waals surface area (Å²) in [4.78, 5) is 24.5. The van der Waals surface area contributed by atoms with Crippen molar-refractivity contribution in [3.63, 3.8) is 0 Å². The number of fused-ring (bicyclic) bond motifs is 5. The van der Waals surface area contributed by atoms with Crippen molar-refractivity contribution >= 4 is 11.9 Å². The van der Waals surface area contributed by atoms with Gasteiger partial charge in [-0.1, -0.05) is 32.9 Å². The molecule has 4 aliphatic carbocycles. The third-order valence-corrected chi connectivity index (χ3v) is 9.15. The molecule has 3 N–H and O–H groups in total. The van der Waals surface area contributed by atoms with E-state index in [1.807, 2.05) is 26.8 Å². The van der Waals surface area contributed by atoms with Crippen molar-refractivity contribution in [3.8, 4) is 0 Å². The number of amides is 1. The van der Waals surface area contributed by atoms with E-state index in [1.165, 1.54) is 6.92 Å². The second kappa shape index (κ2) is 7.77. The van der Waals surface area contributed by atoms with E-state index < -0.39 is 46.0 Å². The van der Waals surface area contributed by atoms with Crippen molar-refractivity contribution in [2.75, 3.05) is 6.54 Å². The van der Waals surface area contributed by atoms with Crippen LogP contribution in [0.5, 0.6) is 0 Å². The molecular weight excluding hydrogens is 425 g/mol. The summed E-state index contributed by atoms with van der Waals surface area (Å²) in [5.74, 6) is -1.74. The first-order chi connectivity index (χ1) is 15.4. The number of aliphatic hydroxyl groups excluding tert-OH is 1. The van der Waals surface area contributed by atoms with Crippen LogP contribution in [-0.4, -0.2) is 46.0 Å². The van der Waals surface area contributed by atoms with Crippen LogP contribution in [-0.2, 0) is 14.3 Å². The van der Waals surface area contributed by atoms with Gasteiger partial charge in [0.25, 0.3) is 5.91 Å². The second-order valence-electron chi connectivity index (χ2n) is 10.8. The molecule has 0 aliphatic heterocycles. The number of halogens is 1. The lowest BCUT2D eigenvalue weighted by Gasteiger charge is -2.61. The number of hydrogen-bond donors (Lipinski definition) is 3. The number of aliphatic hydroxyl groups is 2. The molecule has 2 saturated carbocycles. The predicted molar refractivity (Wildman–Crippen MR) is 121 cm³/mol. The average Bonchev–Trinajstić information content (AvgIpc) is 2.94. The summed E-state index contributed by atoms with van der Waals surface area (Å²) in [6, 6.07) is 0. The van der Waals surface area contributed by atoms with E-state index >= 15 is 4.39 Å². The molecule has 33 heavy (non-hydrogen) atoms. The fourth-order valence-electron chi connectivity index (χ4n) is 7.39. The lowest BCUT2D eigenvalue weighted by Crippen LogP contribution is -2.69. The second-order valence-corrected chi connectivity index (χ2v) is 10.8. The van der Waals surface area contributed by atoms with Crippen molar-refractivity contribution < 1.29 is 28.9 Å². The SMILES string of the molecule is CCCNC(=O)[C@@]1(O)[C@H](C)CC2C3CC=C4C=C(OC(C)=O)C=C[C@]4(C)[C@@]3(F)[C@@H](O)C[C@@]21C. The van der Waals surface area contributed by atoms with Crippen molar-refractivity contribution in [2.24, 2.45) is 28.6 Å². The molecule has 0 aromatic carbocycles. The van der Waals surface area contributed by atoms with E-state index in [1.54, 1.807) is 25.2 Å². The van der Waals surface area contributed by atoms with Crippen molar-refractivity contribution in [2.45, 2.75) is 77.7 Å². The quantitative estimate of drug-likeness (QED) is 0.558. The first kappa shape index (κ1) is 24.1. The van der Waals surface area contributed by atoms with Gasteiger partial charge in [-0.05, 0) is 62.2 Å². The standard InChI is InChI=1S/C26H36FNO5/c1-6-11-28-22(31)26(32)15(2)12-20-19-8-7-17-13-18(33-16(3)29)9-10-23(17,4)25(19,27)21(30)14-24(20,26)5/h7,9-10,13,15,19-21,30,32H,6,8,11-12,14H2,1-5H3,(H,28,31)/t15-,19?,20?,21+,23+,24+,25+,26+/m1/s1. The van der Waals surface area contributed by atoms with Gasteiger partial charge in [0.1, 0.15) is 5.76 Å². The zero-order valence-corrected chi connectivity index (χ0v) is 20.2. The summed E-state index contributed by atoms with van der Waals surface area (Å²) >= 11 is 0. The number of alkyl halides is 1. The van der Waals surface area contributed by atoms with Crippen LogP contribution in [0.3, 0.4) is 0 Å². The fourth-order valence-corrected chi connectivity index (χ4v) is 7.39. The highest BCUT2D eigenvalue weighted by Crippen LogP contribution is 2.70. The van der Waals surface area contributed by atoms with Crippen LogP contribution in [0.2, 0.25) is 0 Å². The van der Waals surface area contributed by atoms with Crippen LogP contribution >= 0.6 is 0 Å². The van der Waals surface area contributed by atoms with E-state index in [-0.39, 0.29) is 18.3 Å². The number of nitrogens with one attached hydrogen (secondary N) is 1. The molecular formula is C26H36FNO5. The molecule has 2 fully saturated rings. The van der Waals surface area contributed by atoms with Gasteiger partial charge in [-0.3, -0.25) is 9.59 Å². The maximum atomic E-state index is 17.3. The molecule has 182 valence electrons. The minimum atomic E-state index is -1.99. The zero-order valence-electron chi connectivity index (χ0n) is 20.2. The predicted octanol–water partition coefficient (Wildman–Crippen LogP) is 3.35. The molecule has 0 saturated heterocycles. The molecule has 0 radical (unpaired) electrons. The van der Waals surface area contributed by atoms with Crippen LogP contribution in [0.4, 0.5) is 4.39 Å². The van der Waals surface area contributed by atoms with E-state index in [2.05, 4.69) is 5.32 Å². The van der Waals surface area contributed by atoms with Gasteiger partial charge in [0.2, 0.25) is 0 Å². The largest absolute Gasteiger partial charge is 0.427 e. The maximum absolute atomic E-state index is 17.3. The van der Waals surface area contributed by atoms with Crippen LogP contribution in [0.1, 0.15) is 60.3 Å². The molecule has 4 aliphatic rings. The smallest absolute Gasteiger partial charge is 0.308 e. The van der Waals surface area contributed by atoms with E-state index in [4.69, 9.17) is 4.74 Å². The third-order valence-electron chi connectivity index (χ3n) is 9.15. The van der Waals surface area contributed by atoms with E-state index in [0.717, 1.165) is 6.42 Å². The number of ether oxygens (including phenoxy) is 1. The van der Waals surface area contributed by atoms with Crippen molar-refractivity contribution in [3.05, 3.63) is 35.6 Å².